The van der Waals surface area contributed by atoms with Crippen LogP contribution < -0.4 is 4.90 Å². The number of unbranched alkanes of at least 4 members (excludes halogenated alkanes) is 4. The minimum absolute atomic E-state index is 0.198. The fraction of sp³-hybridized carbons (Fsp3) is 0.708. The van der Waals surface area contributed by atoms with E-state index in [0.717, 1.165) is 52.1 Å². The topological polar surface area (TPSA) is 26.8 Å². The van der Waals surface area contributed by atoms with Crippen molar-refractivity contribution >= 4 is 11.5 Å². The molecule has 1 aromatic rings. The summed E-state index contributed by atoms with van der Waals surface area (Å²) in [4.78, 5) is 18.9. The summed E-state index contributed by atoms with van der Waals surface area (Å²) >= 11 is 0. The van der Waals surface area contributed by atoms with E-state index in [2.05, 4.69) is 53.1 Å². The zero-order valence-electron chi connectivity index (χ0n) is 18.6. The molecule has 158 valence electrons. The fourth-order valence-electron chi connectivity index (χ4n) is 3.77. The predicted octanol–water partition coefficient (Wildman–Crippen LogP) is 4.44. The van der Waals surface area contributed by atoms with Gasteiger partial charge in [-0.15, -0.1) is 0 Å². The van der Waals surface area contributed by atoms with Crippen molar-refractivity contribution in [2.45, 2.75) is 58.9 Å². The SMILES string of the molecule is CC(C)C(=O)CCCCCCCN(C)Cc1ccc(N2CCN(C)CC2)cc1. The highest BCUT2D eigenvalue weighted by Crippen LogP contribution is 2.18. The van der Waals surface area contributed by atoms with Gasteiger partial charge in [-0.3, -0.25) is 4.79 Å². The van der Waals surface area contributed by atoms with Gasteiger partial charge in [0.05, 0.1) is 0 Å². The van der Waals surface area contributed by atoms with Crippen LogP contribution in [-0.2, 0) is 11.3 Å². The van der Waals surface area contributed by atoms with Crippen LogP contribution in [0.15, 0.2) is 24.3 Å². The Morgan fingerprint density at radius 3 is 2.21 bits per heavy atom. The van der Waals surface area contributed by atoms with Gasteiger partial charge in [0.25, 0.3) is 0 Å². The van der Waals surface area contributed by atoms with Gasteiger partial charge in [0, 0.05) is 50.7 Å². The van der Waals surface area contributed by atoms with Crippen LogP contribution >= 0.6 is 0 Å². The monoisotopic (exact) mass is 387 g/mol. The molecule has 1 saturated heterocycles. The number of rotatable bonds is 12. The molecule has 0 saturated carbocycles. The lowest BCUT2D eigenvalue weighted by Crippen LogP contribution is -2.44. The number of nitrogens with zero attached hydrogens (tertiary/aromatic N) is 3. The molecule has 0 radical (unpaired) electrons. The first-order chi connectivity index (χ1) is 13.5. The number of ketones is 1. The smallest absolute Gasteiger partial charge is 0.135 e. The van der Waals surface area contributed by atoms with Crippen molar-refractivity contribution in [1.82, 2.24) is 9.80 Å². The van der Waals surface area contributed by atoms with Crippen LogP contribution in [0.25, 0.3) is 0 Å². The number of carbonyl (C=O) groups excluding carboxylic acids is 1. The summed E-state index contributed by atoms with van der Waals surface area (Å²) in [5, 5.41) is 0. The second-order valence-electron chi connectivity index (χ2n) is 8.83. The first-order valence-corrected chi connectivity index (χ1v) is 11.2. The normalized spacial score (nSPS) is 15.6. The van der Waals surface area contributed by atoms with Gasteiger partial charge >= 0.3 is 0 Å². The molecule has 0 spiro atoms. The number of piperazine rings is 1. The summed E-state index contributed by atoms with van der Waals surface area (Å²) in [5.74, 6) is 0.614. The molecule has 0 atom stereocenters. The highest BCUT2D eigenvalue weighted by atomic mass is 16.1. The summed E-state index contributed by atoms with van der Waals surface area (Å²) in [6.07, 6.45) is 6.78. The van der Waals surface area contributed by atoms with Gasteiger partial charge in [0.15, 0.2) is 0 Å². The summed E-state index contributed by atoms with van der Waals surface area (Å²) < 4.78 is 0. The van der Waals surface area contributed by atoms with Gasteiger partial charge in [-0.05, 0) is 51.2 Å². The third kappa shape index (κ3) is 8.32. The number of hydrogen-bond acceptors (Lipinski definition) is 4. The quantitative estimate of drug-likeness (QED) is 0.496. The van der Waals surface area contributed by atoms with E-state index in [4.69, 9.17) is 0 Å². The van der Waals surface area contributed by atoms with E-state index < -0.39 is 0 Å². The summed E-state index contributed by atoms with van der Waals surface area (Å²) in [7, 11) is 4.42. The molecule has 0 bridgehead atoms. The fourth-order valence-corrected chi connectivity index (χ4v) is 3.77. The third-order valence-corrected chi connectivity index (χ3v) is 5.86. The lowest BCUT2D eigenvalue weighted by Gasteiger charge is -2.34. The molecule has 4 nitrogen and oxygen atoms in total. The van der Waals surface area contributed by atoms with Crippen molar-refractivity contribution in [2.75, 3.05) is 51.7 Å². The van der Waals surface area contributed by atoms with Crippen molar-refractivity contribution in [3.63, 3.8) is 0 Å². The van der Waals surface area contributed by atoms with Crippen LogP contribution in [0.3, 0.4) is 0 Å². The van der Waals surface area contributed by atoms with Crippen LogP contribution in [-0.4, -0.2) is 62.4 Å². The van der Waals surface area contributed by atoms with Crippen molar-refractivity contribution in [2.24, 2.45) is 5.92 Å². The van der Waals surface area contributed by atoms with E-state index in [0.29, 0.717) is 5.78 Å². The van der Waals surface area contributed by atoms with Gasteiger partial charge in [-0.2, -0.15) is 0 Å². The van der Waals surface area contributed by atoms with E-state index in [1.165, 1.54) is 36.9 Å². The Bertz CT molecular complexity index is 562. The van der Waals surface area contributed by atoms with Crippen LogP contribution in [0.5, 0.6) is 0 Å². The van der Waals surface area contributed by atoms with E-state index in [1.807, 2.05) is 13.8 Å². The van der Waals surface area contributed by atoms with Gasteiger partial charge in [0.2, 0.25) is 0 Å². The molecule has 1 heterocycles. The number of hydrogen-bond donors (Lipinski definition) is 0. The number of likely N-dealkylation sites (N-methyl/N-ethyl adjacent to an activating group) is 1. The summed E-state index contributed by atoms with van der Waals surface area (Å²) in [6.45, 7) is 10.7. The minimum atomic E-state index is 0.198. The average molecular weight is 388 g/mol. The van der Waals surface area contributed by atoms with Crippen molar-refractivity contribution < 1.29 is 4.79 Å². The summed E-state index contributed by atoms with van der Waals surface area (Å²) in [5.41, 5.74) is 2.75. The number of carbonyl (C=O) groups is 1. The van der Waals surface area contributed by atoms with E-state index >= 15 is 0 Å². The zero-order chi connectivity index (χ0) is 20.4. The molecule has 1 aliphatic rings. The molecule has 0 aromatic heterocycles. The average Bonchev–Trinajstić information content (AvgIpc) is 2.68. The first kappa shape index (κ1) is 22.9. The van der Waals surface area contributed by atoms with Crippen LogP contribution in [0, 0.1) is 5.92 Å². The van der Waals surface area contributed by atoms with Crippen molar-refractivity contribution in [3.8, 4) is 0 Å². The second-order valence-corrected chi connectivity index (χ2v) is 8.83. The largest absolute Gasteiger partial charge is 0.369 e. The van der Waals surface area contributed by atoms with Gasteiger partial charge in [-0.1, -0.05) is 45.2 Å². The molecule has 1 aromatic carbocycles. The Balaban J connectivity index is 1.57. The van der Waals surface area contributed by atoms with Gasteiger partial charge < -0.3 is 14.7 Å². The van der Waals surface area contributed by atoms with Crippen LogP contribution in [0.2, 0.25) is 0 Å². The first-order valence-electron chi connectivity index (χ1n) is 11.2. The Morgan fingerprint density at radius 1 is 0.964 bits per heavy atom. The number of benzene rings is 1. The maximum atomic E-state index is 11.6. The number of Topliss-reactive ketones (excluding diaryl/α,β-unsaturated/α-hetero) is 1. The Morgan fingerprint density at radius 2 is 1.57 bits per heavy atom. The van der Waals surface area contributed by atoms with Crippen LogP contribution in [0.1, 0.15) is 57.9 Å². The number of anilines is 1. The lowest BCUT2D eigenvalue weighted by atomic mass is 10.0. The zero-order valence-corrected chi connectivity index (χ0v) is 18.6. The van der Waals surface area contributed by atoms with E-state index in [-0.39, 0.29) is 5.92 Å². The third-order valence-electron chi connectivity index (χ3n) is 5.86. The highest BCUT2D eigenvalue weighted by Gasteiger charge is 2.14. The molecule has 2 rings (SSSR count). The summed E-state index contributed by atoms with van der Waals surface area (Å²) in [6, 6.07) is 9.14. The Kier molecular flexibility index (Phi) is 10.0. The molecule has 28 heavy (non-hydrogen) atoms. The van der Waals surface area contributed by atoms with E-state index in [1.54, 1.807) is 0 Å². The maximum Gasteiger partial charge on any atom is 0.135 e. The van der Waals surface area contributed by atoms with Crippen LogP contribution in [0.4, 0.5) is 5.69 Å². The maximum absolute atomic E-state index is 11.6. The Hall–Kier alpha value is -1.39. The van der Waals surface area contributed by atoms with Gasteiger partial charge in [-0.25, -0.2) is 0 Å². The molecule has 0 unspecified atom stereocenters. The van der Waals surface area contributed by atoms with E-state index in [9.17, 15) is 4.79 Å². The molecule has 1 fully saturated rings. The van der Waals surface area contributed by atoms with Crippen molar-refractivity contribution in [1.29, 1.82) is 0 Å². The second kappa shape index (κ2) is 12.2. The predicted molar refractivity (Wildman–Crippen MR) is 120 cm³/mol. The molecular formula is C24H41N3O. The lowest BCUT2D eigenvalue weighted by molar-refractivity contribution is -0.122. The molecule has 4 heteroatoms. The standard InChI is InChI=1S/C24H41N3O/c1-21(2)24(28)10-8-6-5-7-9-15-26(4)20-22-11-13-23(14-12-22)27-18-16-25(3)17-19-27/h11-14,21H,5-10,15-20H2,1-4H3. The Labute approximate surface area is 172 Å². The molecule has 1 aliphatic heterocycles. The molecule has 0 N–H and O–H groups in total. The minimum Gasteiger partial charge on any atom is -0.369 e. The van der Waals surface area contributed by atoms with Gasteiger partial charge in [0.1, 0.15) is 5.78 Å². The molecule has 0 aliphatic carbocycles. The molecule has 0 amide bonds. The van der Waals surface area contributed by atoms with Crippen molar-refractivity contribution in [3.05, 3.63) is 29.8 Å². The molecular weight excluding hydrogens is 346 g/mol. The highest BCUT2D eigenvalue weighted by molar-refractivity contribution is 5.80.